The molecule has 1 heterocycles. The van der Waals surface area contributed by atoms with Crippen LogP contribution in [-0.4, -0.2) is 22.2 Å². The first-order valence-corrected chi connectivity index (χ1v) is 7.64. The predicted molar refractivity (Wildman–Crippen MR) is 93.2 cm³/mol. The van der Waals surface area contributed by atoms with E-state index in [-0.39, 0.29) is 11.7 Å². The molecule has 0 unspecified atom stereocenters. The van der Waals surface area contributed by atoms with Gasteiger partial charge >= 0.3 is 0 Å². The fourth-order valence-corrected chi connectivity index (χ4v) is 2.61. The minimum atomic E-state index is 0.128. The standard InChI is InChI=1S/C17H14BrN3O2/c1-23-12-4-2-3-10(7-12)14-9-15(21-17(19)20-14)13-8-11(18)5-6-16(13)22/h2-9,22H,1H3,(H2,19,20,21). The number of methoxy groups -OCH3 is 1. The largest absolute Gasteiger partial charge is 0.507 e. The average molecular weight is 372 g/mol. The molecule has 0 radical (unpaired) electrons. The van der Waals surface area contributed by atoms with Gasteiger partial charge in [0.25, 0.3) is 0 Å². The number of benzene rings is 2. The topological polar surface area (TPSA) is 81.3 Å². The van der Waals surface area contributed by atoms with Gasteiger partial charge in [0.1, 0.15) is 11.5 Å². The molecule has 23 heavy (non-hydrogen) atoms. The van der Waals surface area contributed by atoms with E-state index in [1.807, 2.05) is 24.3 Å². The second kappa shape index (κ2) is 6.26. The van der Waals surface area contributed by atoms with Gasteiger partial charge in [-0.1, -0.05) is 28.1 Å². The number of ether oxygens (including phenoxy) is 1. The molecule has 0 aliphatic heterocycles. The van der Waals surface area contributed by atoms with Crippen molar-refractivity contribution in [1.82, 2.24) is 9.97 Å². The number of phenols is 1. The van der Waals surface area contributed by atoms with Crippen LogP contribution in [0.4, 0.5) is 5.95 Å². The first kappa shape index (κ1) is 15.3. The van der Waals surface area contributed by atoms with Crippen molar-refractivity contribution >= 4 is 21.9 Å². The van der Waals surface area contributed by atoms with E-state index in [0.29, 0.717) is 17.0 Å². The summed E-state index contributed by atoms with van der Waals surface area (Å²) >= 11 is 3.39. The molecular weight excluding hydrogens is 358 g/mol. The highest BCUT2D eigenvalue weighted by Crippen LogP contribution is 2.33. The Balaban J connectivity index is 2.14. The number of rotatable bonds is 3. The van der Waals surface area contributed by atoms with E-state index in [0.717, 1.165) is 15.8 Å². The summed E-state index contributed by atoms with van der Waals surface area (Å²) in [6.45, 7) is 0. The lowest BCUT2D eigenvalue weighted by Gasteiger charge is -2.09. The van der Waals surface area contributed by atoms with Crippen molar-refractivity contribution in [3.05, 3.63) is 53.0 Å². The van der Waals surface area contributed by atoms with E-state index in [2.05, 4.69) is 25.9 Å². The summed E-state index contributed by atoms with van der Waals surface area (Å²) in [6.07, 6.45) is 0. The maximum Gasteiger partial charge on any atom is 0.221 e. The summed E-state index contributed by atoms with van der Waals surface area (Å²) in [5.74, 6) is 0.995. The van der Waals surface area contributed by atoms with Crippen molar-refractivity contribution < 1.29 is 9.84 Å². The van der Waals surface area contributed by atoms with Gasteiger partial charge in [0, 0.05) is 15.6 Å². The Labute approximate surface area is 141 Å². The molecule has 1 aromatic heterocycles. The monoisotopic (exact) mass is 371 g/mol. The molecule has 0 aliphatic rings. The van der Waals surface area contributed by atoms with E-state index in [1.165, 1.54) is 0 Å². The summed E-state index contributed by atoms with van der Waals surface area (Å²) in [4.78, 5) is 8.50. The van der Waals surface area contributed by atoms with Crippen LogP contribution in [0, 0.1) is 0 Å². The van der Waals surface area contributed by atoms with Crippen LogP contribution in [0.2, 0.25) is 0 Å². The lowest BCUT2D eigenvalue weighted by atomic mass is 10.1. The highest BCUT2D eigenvalue weighted by atomic mass is 79.9. The molecule has 0 spiro atoms. The molecule has 2 aromatic carbocycles. The highest BCUT2D eigenvalue weighted by molar-refractivity contribution is 9.10. The second-order valence-electron chi connectivity index (χ2n) is 4.89. The van der Waals surface area contributed by atoms with E-state index < -0.39 is 0 Å². The Morgan fingerprint density at radius 2 is 1.83 bits per heavy atom. The fraction of sp³-hybridized carbons (Fsp3) is 0.0588. The molecule has 3 aromatic rings. The number of halogens is 1. The zero-order valence-electron chi connectivity index (χ0n) is 12.3. The van der Waals surface area contributed by atoms with Crippen molar-refractivity contribution in [1.29, 1.82) is 0 Å². The molecular formula is C17H14BrN3O2. The first-order valence-electron chi connectivity index (χ1n) is 6.84. The third-order valence-electron chi connectivity index (χ3n) is 3.34. The van der Waals surface area contributed by atoms with E-state index in [4.69, 9.17) is 10.5 Å². The molecule has 0 atom stereocenters. The van der Waals surface area contributed by atoms with Gasteiger partial charge in [0.2, 0.25) is 5.95 Å². The Morgan fingerprint density at radius 3 is 2.61 bits per heavy atom. The minimum absolute atomic E-state index is 0.128. The molecule has 3 N–H and O–H groups in total. The maximum atomic E-state index is 10.1. The molecule has 0 saturated carbocycles. The number of nitrogens with zero attached hydrogens (tertiary/aromatic N) is 2. The lowest BCUT2D eigenvalue weighted by molar-refractivity contribution is 0.415. The zero-order chi connectivity index (χ0) is 16.4. The Bertz CT molecular complexity index is 868. The number of phenolic OH excluding ortho intramolecular Hbond substituents is 1. The molecule has 0 bridgehead atoms. The van der Waals surface area contributed by atoms with Crippen molar-refractivity contribution in [3.63, 3.8) is 0 Å². The number of aromatic nitrogens is 2. The average Bonchev–Trinajstić information content (AvgIpc) is 2.56. The van der Waals surface area contributed by atoms with Gasteiger partial charge in [0.05, 0.1) is 18.5 Å². The van der Waals surface area contributed by atoms with Crippen molar-refractivity contribution in [2.75, 3.05) is 12.8 Å². The quantitative estimate of drug-likeness (QED) is 0.730. The van der Waals surface area contributed by atoms with Crippen LogP contribution in [0.5, 0.6) is 11.5 Å². The summed E-state index contributed by atoms with van der Waals surface area (Å²) in [7, 11) is 1.61. The molecule has 0 fully saturated rings. The van der Waals surface area contributed by atoms with E-state index in [9.17, 15) is 5.11 Å². The third kappa shape index (κ3) is 3.27. The van der Waals surface area contributed by atoms with Gasteiger partial charge < -0.3 is 15.6 Å². The normalized spacial score (nSPS) is 10.5. The number of anilines is 1. The van der Waals surface area contributed by atoms with Crippen LogP contribution < -0.4 is 10.5 Å². The summed E-state index contributed by atoms with van der Waals surface area (Å²) in [5, 5.41) is 10.1. The SMILES string of the molecule is COc1cccc(-c2cc(-c3cc(Br)ccc3O)nc(N)n2)c1. The Morgan fingerprint density at radius 1 is 1.04 bits per heavy atom. The first-order chi connectivity index (χ1) is 11.1. The van der Waals surface area contributed by atoms with Crippen molar-refractivity contribution in [2.24, 2.45) is 0 Å². The zero-order valence-corrected chi connectivity index (χ0v) is 13.9. The predicted octanol–water partition coefficient (Wildman–Crippen LogP) is 3.87. The maximum absolute atomic E-state index is 10.1. The van der Waals surface area contributed by atoms with Crippen LogP contribution in [0.15, 0.2) is 53.0 Å². The van der Waals surface area contributed by atoms with Crippen LogP contribution >= 0.6 is 15.9 Å². The number of hydrogen-bond acceptors (Lipinski definition) is 5. The van der Waals surface area contributed by atoms with Gasteiger partial charge in [-0.25, -0.2) is 9.97 Å². The van der Waals surface area contributed by atoms with Crippen molar-refractivity contribution in [2.45, 2.75) is 0 Å². The second-order valence-corrected chi connectivity index (χ2v) is 5.81. The third-order valence-corrected chi connectivity index (χ3v) is 3.84. The fourth-order valence-electron chi connectivity index (χ4n) is 2.25. The van der Waals surface area contributed by atoms with Gasteiger partial charge in [0.15, 0.2) is 0 Å². The van der Waals surface area contributed by atoms with Crippen molar-refractivity contribution in [3.8, 4) is 34.0 Å². The Kier molecular flexibility index (Phi) is 4.16. The molecule has 0 amide bonds. The molecule has 0 saturated heterocycles. The minimum Gasteiger partial charge on any atom is -0.507 e. The van der Waals surface area contributed by atoms with E-state index in [1.54, 1.807) is 31.4 Å². The summed E-state index contributed by atoms with van der Waals surface area (Å²) < 4.78 is 6.07. The molecule has 116 valence electrons. The van der Waals surface area contributed by atoms with Crippen LogP contribution in [0.1, 0.15) is 0 Å². The van der Waals surface area contributed by atoms with Gasteiger partial charge in [-0.3, -0.25) is 0 Å². The molecule has 3 rings (SSSR count). The molecule has 5 nitrogen and oxygen atoms in total. The molecule has 0 aliphatic carbocycles. The smallest absolute Gasteiger partial charge is 0.221 e. The van der Waals surface area contributed by atoms with Crippen LogP contribution in [0.3, 0.4) is 0 Å². The Hall–Kier alpha value is -2.60. The molecule has 6 heteroatoms. The number of nitrogen functional groups attached to an aromatic ring is 1. The van der Waals surface area contributed by atoms with Gasteiger partial charge in [-0.2, -0.15) is 0 Å². The van der Waals surface area contributed by atoms with Gasteiger partial charge in [-0.05, 0) is 36.4 Å². The summed E-state index contributed by atoms with van der Waals surface area (Å²) in [5.41, 5.74) is 8.49. The van der Waals surface area contributed by atoms with Gasteiger partial charge in [-0.15, -0.1) is 0 Å². The lowest BCUT2D eigenvalue weighted by Crippen LogP contribution is -1.99. The summed E-state index contributed by atoms with van der Waals surface area (Å²) in [6, 6.07) is 14.4. The number of hydrogen-bond donors (Lipinski definition) is 2. The number of nitrogens with two attached hydrogens (primary N) is 1. The van der Waals surface area contributed by atoms with Crippen LogP contribution in [-0.2, 0) is 0 Å². The van der Waals surface area contributed by atoms with E-state index >= 15 is 0 Å². The van der Waals surface area contributed by atoms with Crippen LogP contribution in [0.25, 0.3) is 22.5 Å². The number of aromatic hydroxyl groups is 1. The highest BCUT2D eigenvalue weighted by Gasteiger charge is 2.11.